The van der Waals surface area contributed by atoms with Crippen LogP contribution in [0.2, 0.25) is 0 Å². The van der Waals surface area contributed by atoms with Crippen LogP contribution in [0.1, 0.15) is 6.42 Å². The van der Waals surface area contributed by atoms with Crippen LogP contribution in [-0.2, 0) is 0 Å². The van der Waals surface area contributed by atoms with Gasteiger partial charge in [-0.15, -0.1) is 0 Å². The van der Waals surface area contributed by atoms with E-state index in [0.717, 1.165) is 18.4 Å². The molecular weight excluding hydrogens is 160 g/mol. The quantitative estimate of drug-likeness (QED) is 0.543. The smallest absolute Gasteiger partial charge is 0.0854 e. The van der Waals surface area contributed by atoms with Crippen LogP contribution in [0.25, 0.3) is 0 Å². The van der Waals surface area contributed by atoms with E-state index in [1.165, 1.54) is 13.0 Å². The number of allylic oxidation sites excluding steroid dienone is 3. The molecular formula is C11H14N2. The van der Waals surface area contributed by atoms with Crippen LogP contribution < -0.4 is 0 Å². The number of hydrogen-bond donors (Lipinski definition) is 0. The van der Waals surface area contributed by atoms with E-state index in [-0.39, 0.29) is 0 Å². The lowest BCUT2D eigenvalue weighted by Gasteiger charge is -2.39. The molecule has 2 unspecified atom stereocenters. The standard InChI is InChI=1S/C11H14N2/c1-2-4-10-7-13-8-12-6-11(13)5-9(10)3-1/h1-4,8-11H,5-7H2/t9?,10?,11-/m0/s1. The predicted octanol–water partition coefficient (Wildman–Crippen LogP) is 1.46. The molecule has 1 aliphatic carbocycles. The Hall–Kier alpha value is -1.05. The molecule has 0 aromatic heterocycles. The van der Waals surface area contributed by atoms with E-state index in [9.17, 15) is 0 Å². The van der Waals surface area contributed by atoms with Gasteiger partial charge in [0.25, 0.3) is 0 Å². The van der Waals surface area contributed by atoms with Gasteiger partial charge in [0, 0.05) is 12.5 Å². The first kappa shape index (κ1) is 7.36. The third kappa shape index (κ3) is 1.12. The van der Waals surface area contributed by atoms with Crippen molar-refractivity contribution in [3.63, 3.8) is 0 Å². The molecule has 0 saturated carbocycles. The van der Waals surface area contributed by atoms with Crippen LogP contribution in [0.5, 0.6) is 0 Å². The lowest BCUT2D eigenvalue weighted by Crippen LogP contribution is -2.44. The molecule has 3 atom stereocenters. The van der Waals surface area contributed by atoms with Crippen molar-refractivity contribution in [1.82, 2.24) is 4.90 Å². The molecule has 68 valence electrons. The first-order chi connectivity index (χ1) is 6.43. The van der Waals surface area contributed by atoms with E-state index in [0.29, 0.717) is 6.04 Å². The minimum Gasteiger partial charge on any atom is -0.357 e. The van der Waals surface area contributed by atoms with Crippen LogP contribution in [0, 0.1) is 11.8 Å². The van der Waals surface area contributed by atoms with Crippen molar-refractivity contribution in [3.8, 4) is 0 Å². The van der Waals surface area contributed by atoms with E-state index < -0.39 is 0 Å². The third-order valence-corrected chi connectivity index (χ3v) is 3.36. The molecule has 2 heterocycles. The molecule has 2 nitrogen and oxygen atoms in total. The van der Waals surface area contributed by atoms with Crippen LogP contribution in [-0.4, -0.2) is 30.4 Å². The first-order valence-electron chi connectivity index (χ1n) is 5.04. The highest BCUT2D eigenvalue weighted by atomic mass is 15.2. The molecule has 1 fully saturated rings. The van der Waals surface area contributed by atoms with Crippen LogP contribution >= 0.6 is 0 Å². The molecule has 0 bridgehead atoms. The largest absolute Gasteiger partial charge is 0.357 e. The maximum absolute atomic E-state index is 4.34. The summed E-state index contributed by atoms with van der Waals surface area (Å²) in [6.45, 7) is 2.18. The van der Waals surface area contributed by atoms with Crippen molar-refractivity contribution in [3.05, 3.63) is 24.3 Å². The zero-order valence-corrected chi connectivity index (χ0v) is 7.63. The average molecular weight is 174 g/mol. The van der Waals surface area contributed by atoms with Crippen molar-refractivity contribution in [2.24, 2.45) is 16.8 Å². The molecule has 0 spiro atoms. The fourth-order valence-electron chi connectivity index (χ4n) is 2.59. The monoisotopic (exact) mass is 174 g/mol. The molecule has 2 heteroatoms. The van der Waals surface area contributed by atoms with Gasteiger partial charge in [-0.3, -0.25) is 4.99 Å². The second-order valence-corrected chi connectivity index (χ2v) is 4.16. The Balaban J connectivity index is 1.82. The molecule has 3 rings (SSSR count). The fourth-order valence-corrected chi connectivity index (χ4v) is 2.59. The molecule has 3 aliphatic rings. The Kier molecular flexibility index (Phi) is 1.54. The Morgan fingerprint density at radius 3 is 2.92 bits per heavy atom. The summed E-state index contributed by atoms with van der Waals surface area (Å²) in [5.41, 5.74) is 0. The number of hydrogen-bond acceptors (Lipinski definition) is 2. The minimum absolute atomic E-state index is 0.692. The average Bonchev–Trinajstić information content (AvgIpc) is 2.61. The fraction of sp³-hybridized carbons (Fsp3) is 0.545. The summed E-state index contributed by atoms with van der Waals surface area (Å²) in [6, 6.07) is 0.692. The zero-order chi connectivity index (χ0) is 8.67. The van der Waals surface area contributed by atoms with E-state index in [1.807, 2.05) is 6.34 Å². The number of piperidine rings is 1. The minimum atomic E-state index is 0.692. The molecule has 0 aromatic rings. The Morgan fingerprint density at radius 2 is 2.00 bits per heavy atom. The van der Waals surface area contributed by atoms with Gasteiger partial charge in [0.15, 0.2) is 0 Å². The summed E-state index contributed by atoms with van der Waals surface area (Å²) in [5, 5.41) is 0. The maximum Gasteiger partial charge on any atom is 0.0854 e. The molecule has 0 amide bonds. The van der Waals surface area contributed by atoms with Gasteiger partial charge in [-0.25, -0.2) is 0 Å². The molecule has 0 radical (unpaired) electrons. The van der Waals surface area contributed by atoms with Gasteiger partial charge in [0.2, 0.25) is 0 Å². The summed E-state index contributed by atoms with van der Waals surface area (Å²) in [4.78, 5) is 6.75. The van der Waals surface area contributed by atoms with Crippen LogP contribution in [0.15, 0.2) is 29.3 Å². The topological polar surface area (TPSA) is 15.6 Å². The highest BCUT2D eigenvalue weighted by molar-refractivity contribution is 5.58. The Labute approximate surface area is 78.6 Å². The molecule has 1 saturated heterocycles. The molecule has 13 heavy (non-hydrogen) atoms. The first-order valence-corrected chi connectivity index (χ1v) is 5.04. The summed E-state index contributed by atoms with van der Waals surface area (Å²) < 4.78 is 0. The highest BCUT2D eigenvalue weighted by Crippen LogP contribution is 2.32. The van der Waals surface area contributed by atoms with Crippen LogP contribution in [0.3, 0.4) is 0 Å². The van der Waals surface area contributed by atoms with Gasteiger partial charge < -0.3 is 4.90 Å². The van der Waals surface area contributed by atoms with Crippen molar-refractivity contribution in [2.45, 2.75) is 12.5 Å². The van der Waals surface area contributed by atoms with Crippen molar-refractivity contribution in [1.29, 1.82) is 0 Å². The second-order valence-electron chi connectivity index (χ2n) is 4.16. The van der Waals surface area contributed by atoms with Gasteiger partial charge in [-0.2, -0.15) is 0 Å². The number of nitrogens with zero attached hydrogens (tertiary/aromatic N) is 2. The van der Waals surface area contributed by atoms with E-state index in [1.54, 1.807) is 0 Å². The molecule has 2 aliphatic heterocycles. The van der Waals surface area contributed by atoms with E-state index in [2.05, 4.69) is 34.2 Å². The molecule has 0 N–H and O–H groups in total. The van der Waals surface area contributed by atoms with E-state index >= 15 is 0 Å². The van der Waals surface area contributed by atoms with Gasteiger partial charge >= 0.3 is 0 Å². The van der Waals surface area contributed by atoms with Crippen molar-refractivity contribution in [2.75, 3.05) is 13.1 Å². The number of rotatable bonds is 0. The molecule has 0 aromatic carbocycles. The van der Waals surface area contributed by atoms with Gasteiger partial charge in [-0.1, -0.05) is 24.3 Å². The van der Waals surface area contributed by atoms with Crippen molar-refractivity contribution >= 4 is 6.34 Å². The summed E-state index contributed by atoms with van der Waals surface area (Å²) >= 11 is 0. The Morgan fingerprint density at radius 1 is 1.15 bits per heavy atom. The third-order valence-electron chi connectivity index (χ3n) is 3.36. The highest BCUT2D eigenvalue weighted by Gasteiger charge is 2.34. The normalized spacial score (nSPS) is 40.6. The predicted molar refractivity (Wildman–Crippen MR) is 53.7 cm³/mol. The summed E-state index contributed by atoms with van der Waals surface area (Å²) in [6.07, 6.45) is 12.4. The van der Waals surface area contributed by atoms with Crippen molar-refractivity contribution < 1.29 is 0 Å². The van der Waals surface area contributed by atoms with Gasteiger partial charge in [0.1, 0.15) is 0 Å². The van der Waals surface area contributed by atoms with Crippen LogP contribution in [0.4, 0.5) is 0 Å². The number of fused-ring (bicyclic) bond motifs is 2. The zero-order valence-electron chi connectivity index (χ0n) is 7.63. The lowest BCUT2D eigenvalue weighted by atomic mass is 9.80. The SMILES string of the molecule is C1=CC2C[C@H]3CN=CN3CC2C=C1. The maximum atomic E-state index is 4.34. The summed E-state index contributed by atoms with van der Waals surface area (Å²) in [7, 11) is 0. The van der Waals surface area contributed by atoms with Gasteiger partial charge in [-0.05, 0) is 12.3 Å². The lowest BCUT2D eigenvalue weighted by molar-refractivity contribution is 0.192. The van der Waals surface area contributed by atoms with Gasteiger partial charge in [0.05, 0.1) is 18.9 Å². The Bertz CT molecular complexity index is 290. The number of aliphatic imine (C=N–C) groups is 1. The second kappa shape index (κ2) is 2.72. The summed E-state index contributed by atoms with van der Waals surface area (Å²) in [5.74, 6) is 1.50. The van der Waals surface area contributed by atoms with E-state index in [4.69, 9.17) is 0 Å².